The van der Waals surface area contributed by atoms with E-state index in [1.54, 1.807) is 12.1 Å². The van der Waals surface area contributed by atoms with Crippen LogP contribution in [0.4, 0.5) is 0 Å². The number of aliphatic carboxylic acids is 1. The summed E-state index contributed by atoms with van der Waals surface area (Å²) >= 11 is 0. The van der Waals surface area contributed by atoms with Crippen molar-refractivity contribution in [3.63, 3.8) is 0 Å². The van der Waals surface area contributed by atoms with Gasteiger partial charge in [-0.25, -0.2) is 9.78 Å². The number of aromatic amines is 1. The van der Waals surface area contributed by atoms with Crippen LogP contribution in [0.5, 0.6) is 5.75 Å². The maximum absolute atomic E-state index is 11.2. The van der Waals surface area contributed by atoms with E-state index in [2.05, 4.69) is 23.8 Å². The zero-order chi connectivity index (χ0) is 14.9. The number of H-pyrrole nitrogens is 1. The lowest BCUT2D eigenvalue weighted by atomic mass is 10.1. The molecule has 0 saturated heterocycles. The van der Waals surface area contributed by atoms with Crippen LogP contribution in [0.3, 0.4) is 0 Å². The Morgan fingerprint density at radius 1 is 1.30 bits per heavy atom. The SMILES string of the molecule is CC(C)c1nc2ccc(OC(C(=O)O)C(C)C)cc2[nH]1. The normalized spacial score (nSPS) is 13.1. The molecule has 0 bridgehead atoms. The number of carboxylic acid groups (broad SMARTS) is 1. The lowest BCUT2D eigenvalue weighted by molar-refractivity contribution is -0.147. The summed E-state index contributed by atoms with van der Waals surface area (Å²) < 4.78 is 5.57. The highest BCUT2D eigenvalue weighted by Crippen LogP contribution is 2.23. The van der Waals surface area contributed by atoms with E-state index in [9.17, 15) is 4.79 Å². The minimum Gasteiger partial charge on any atom is -0.478 e. The van der Waals surface area contributed by atoms with Gasteiger partial charge >= 0.3 is 5.97 Å². The molecular formula is C15H20N2O3. The molecule has 2 N–H and O–H groups in total. The molecule has 1 unspecified atom stereocenters. The number of ether oxygens (including phenoxy) is 1. The first-order valence-electron chi connectivity index (χ1n) is 6.77. The second kappa shape index (κ2) is 5.53. The van der Waals surface area contributed by atoms with E-state index in [0.717, 1.165) is 16.9 Å². The molecule has 0 aliphatic rings. The quantitative estimate of drug-likeness (QED) is 0.879. The van der Waals surface area contributed by atoms with E-state index in [-0.39, 0.29) is 5.92 Å². The largest absolute Gasteiger partial charge is 0.478 e. The highest BCUT2D eigenvalue weighted by atomic mass is 16.5. The van der Waals surface area contributed by atoms with Crippen LogP contribution in [0.25, 0.3) is 11.0 Å². The monoisotopic (exact) mass is 276 g/mol. The van der Waals surface area contributed by atoms with Crippen LogP contribution < -0.4 is 4.74 Å². The number of fused-ring (bicyclic) bond motifs is 1. The van der Waals surface area contributed by atoms with Crippen molar-refractivity contribution in [2.75, 3.05) is 0 Å². The van der Waals surface area contributed by atoms with Crippen molar-refractivity contribution >= 4 is 17.0 Å². The van der Waals surface area contributed by atoms with Crippen LogP contribution in [0.15, 0.2) is 18.2 Å². The van der Waals surface area contributed by atoms with Gasteiger partial charge in [-0.15, -0.1) is 0 Å². The van der Waals surface area contributed by atoms with Gasteiger partial charge in [0.15, 0.2) is 6.10 Å². The smallest absolute Gasteiger partial charge is 0.345 e. The standard InChI is InChI=1S/C15H20N2O3/c1-8(2)13(15(18)19)20-10-5-6-11-12(7-10)17-14(16-11)9(3)4/h5-9,13H,1-4H3,(H,16,17)(H,18,19). The Morgan fingerprint density at radius 2 is 2.00 bits per heavy atom. The second-order valence-electron chi connectivity index (χ2n) is 5.58. The number of nitrogens with one attached hydrogen (secondary N) is 1. The zero-order valence-electron chi connectivity index (χ0n) is 12.2. The Kier molecular flexibility index (Phi) is 3.97. The first kappa shape index (κ1) is 14.4. The molecule has 20 heavy (non-hydrogen) atoms. The van der Waals surface area contributed by atoms with Crippen LogP contribution in [-0.4, -0.2) is 27.1 Å². The van der Waals surface area contributed by atoms with Crippen LogP contribution in [0, 0.1) is 5.92 Å². The predicted octanol–water partition coefficient (Wildman–Crippen LogP) is 3.17. The third-order valence-electron chi connectivity index (χ3n) is 3.13. The summed E-state index contributed by atoms with van der Waals surface area (Å²) in [5, 5.41) is 9.15. The molecule has 1 atom stereocenters. The van der Waals surface area contributed by atoms with Crippen LogP contribution >= 0.6 is 0 Å². The van der Waals surface area contributed by atoms with Gasteiger partial charge in [0, 0.05) is 17.9 Å². The van der Waals surface area contributed by atoms with E-state index >= 15 is 0 Å². The Labute approximate surface area is 118 Å². The molecule has 5 heteroatoms. The van der Waals surface area contributed by atoms with Crippen molar-refractivity contribution in [2.45, 2.75) is 39.7 Å². The average Bonchev–Trinajstić information content (AvgIpc) is 2.78. The summed E-state index contributed by atoms with van der Waals surface area (Å²) in [4.78, 5) is 18.9. The Hall–Kier alpha value is -2.04. The van der Waals surface area contributed by atoms with Crippen LogP contribution in [0.2, 0.25) is 0 Å². The zero-order valence-corrected chi connectivity index (χ0v) is 12.2. The molecule has 1 aromatic heterocycles. The van der Waals surface area contributed by atoms with E-state index in [1.807, 2.05) is 19.9 Å². The first-order valence-corrected chi connectivity index (χ1v) is 6.77. The van der Waals surface area contributed by atoms with E-state index in [0.29, 0.717) is 11.7 Å². The van der Waals surface area contributed by atoms with Gasteiger partial charge in [0.2, 0.25) is 0 Å². The van der Waals surface area contributed by atoms with Crippen molar-refractivity contribution < 1.29 is 14.6 Å². The van der Waals surface area contributed by atoms with Crippen molar-refractivity contribution in [3.8, 4) is 5.75 Å². The van der Waals surface area contributed by atoms with Gasteiger partial charge in [-0.05, 0) is 12.1 Å². The molecule has 2 aromatic rings. The first-order chi connectivity index (χ1) is 9.38. The van der Waals surface area contributed by atoms with Crippen LogP contribution in [0.1, 0.15) is 39.4 Å². The Bertz CT molecular complexity index is 617. The number of hydrogen-bond acceptors (Lipinski definition) is 3. The number of hydrogen-bond donors (Lipinski definition) is 2. The minimum atomic E-state index is -0.951. The third-order valence-corrected chi connectivity index (χ3v) is 3.13. The molecule has 0 saturated carbocycles. The van der Waals surface area contributed by atoms with Gasteiger partial charge in [-0.1, -0.05) is 27.7 Å². The fourth-order valence-corrected chi connectivity index (χ4v) is 1.97. The lowest BCUT2D eigenvalue weighted by Crippen LogP contribution is -2.32. The Balaban J connectivity index is 2.29. The minimum absolute atomic E-state index is 0.101. The molecule has 108 valence electrons. The molecule has 1 heterocycles. The summed E-state index contributed by atoms with van der Waals surface area (Å²) in [5.41, 5.74) is 1.72. The van der Waals surface area contributed by atoms with Crippen molar-refractivity contribution in [3.05, 3.63) is 24.0 Å². The number of carboxylic acids is 1. The molecule has 5 nitrogen and oxygen atoms in total. The molecule has 0 radical (unpaired) electrons. The summed E-state index contributed by atoms with van der Waals surface area (Å²) in [5.74, 6) is 0.714. The average molecular weight is 276 g/mol. The predicted molar refractivity (Wildman–Crippen MR) is 77.1 cm³/mol. The van der Waals surface area contributed by atoms with E-state index in [1.165, 1.54) is 0 Å². The molecule has 0 aliphatic carbocycles. The van der Waals surface area contributed by atoms with Gasteiger partial charge < -0.3 is 14.8 Å². The number of benzene rings is 1. The van der Waals surface area contributed by atoms with Gasteiger partial charge in [0.05, 0.1) is 11.0 Å². The van der Waals surface area contributed by atoms with Gasteiger partial charge in [-0.3, -0.25) is 0 Å². The summed E-state index contributed by atoms with van der Waals surface area (Å²) in [6.07, 6.45) is -0.847. The summed E-state index contributed by atoms with van der Waals surface area (Å²) in [6.45, 7) is 7.78. The fourth-order valence-electron chi connectivity index (χ4n) is 1.97. The van der Waals surface area contributed by atoms with Crippen LogP contribution in [-0.2, 0) is 4.79 Å². The van der Waals surface area contributed by atoms with Crippen molar-refractivity contribution in [1.29, 1.82) is 0 Å². The third kappa shape index (κ3) is 2.92. The van der Waals surface area contributed by atoms with E-state index < -0.39 is 12.1 Å². The lowest BCUT2D eigenvalue weighted by Gasteiger charge is -2.18. The maximum Gasteiger partial charge on any atom is 0.345 e. The van der Waals surface area contributed by atoms with Crippen molar-refractivity contribution in [2.24, 2.45) is 5.92 Å². The van der Waals surface area contributed by atoms with Gasteiger partial charge in [0.25, 0.3) is 0 Å². The summed E-state index contributed by atoms with van der Waals surface area (Å²) in [7, 11) is 0. The maximum atomic E-state index is 11.2. The topological polar surface area (TPSA) is 75.2 Å². The summed E-state index contributed by atoms with van der Waals surface area (Å²) in [6, 6.07) is 5.39. The number of carbonyl (C=O) groups is 1. The number of aromatic nitrogens is 2. The molecule has 1 aromatic carbocycles. The molecule has 0 spiro atoms. The number of rotatable bonds is 5. The Morgan fingerprint density at radius 3 is 2.55 bits per heavy atom. The van der Waals surface area contributed by atoms with Gasteiger partial charge in [-0.2, -0.15) is 0 Å². The van der Waals surface area contributed by atoms with Crippen molar-refractivity contribution in [1.82, 2.24) is 9.97 Å². The highest BCUT2D eigenvalue weighted by molar-refractivity contribution is 5.77. The molecule has 2 rings (SSSR count). The molecular weight excluding hydrogens is 256 g/mol. The second-order valence-corrected chi connectivity index (χ2v) is 5.58. The highest BCUT2D eigenvalue weighted by Gasteiger charge is 2.23. The molecule has 0 aliphatic heterocycles. The van der Waals surface area contributed by atoms with Gasteiger partial charge in [0.1, 0.15) is 11.6 Å². The number of nitrogens with zero attached hydrogens (tertiary/aromatic N) is 1. The molecule has 0 fully saturated rings. The van der Waals surface area contributed by atoms with E-state index in [4.69, 9.17) is 9.84 Å². The molecule has 0 amide bonds. The fraction of sp³-hybridized carbons (Fsp3) is 0.467. The number of imidazole rings is 1.